The van der Waals surface area contributed by atoms with Crippen molar-refractivity contribution in [3.05, 3.63) is 53.7 Å². The third kappa shape index (κ3) is 3.49. The van der Waals surface area contributed by atoms with Gasteiger partial charge in [0.15, 0.2) is 0 Å². The predicted octanol–water partition coefficient (Wildman–Crippen LogP) is 3.23. The highest BCUT2D eigenvalue weighted by Gasteiger charge is 2.29. The lowest BCUT2D eigenvalue weighted by molar-refractivity contribution is -0.130. The van der Waals surface area contributed by atoms with Gasteiger partial charge in [-0.25, -0.2) is 4.98 Å². The van der Waals surface area contributed by atoms with Crippen molar-refractivity contribution in [3.63, 3.8) is 0 Å². The molecule has 1 saturated heterocycles. The van der Waals surface area contributed by atoms with Crippen LogP contribution < -0.4 is 0 Å². The average molecular weight is 366 g/mol. The van der Waals surface area contributed by atoms with Crippen LogP contribution in [0.2, 0.25) is 0 Å². The molecule has 1 fully saturated rings. The quantitative estimate of drug-likeness (QED) is 0.728. The lowest BCUT2D eigenvalue weighted by Crippen LogP contribution is -2.29. The zero-order chi connectivity index (χ0) is 18.8. The highest BCUT2D eigenvalue weighted by molar-refractivity contribution is 5.84. The number of ether oxygens (including phenoxy) is 1. The molecule has 1 atom stereocenters. The summed E-state index contributed by atoms with van der Waals surface area (Å²) in [5, 5.41) is 1.21. The molecule has 27 heavy (non-hydrogen) atoms. The maximum atomic E-state index is 12.8. The number of nitrogens with zero attached hydrogens (tertiary/aromatic N) is 3. The van der Waals surface area contributed by atoms with E-state index < -0.39 is 0 Å². The zero-order valence-electron chi connectivity index (χ0n) is 15.9. The van der Waals surface area contributed by atoms with E-state index >= 15 is 0 Å². The van der Waals surface area contributed by atoms with Gasteiger partial charge in [-0.1, -0.05) is 18.2 Å². The van der Waals surface area contributed by atoms with Gasteiger partial charge >= 0.3 is 0 Å². The van der Waals surface area contributed by atoms with Crippen LogP contribution in [0.1, 0.15) is 36.0 Å². The van der Waals surface area contributed by atoms with Crippen LogP contribution in [0.25, 0.3) is 10.9 Å². The number of methoxy groups -OCH3 is 1. The highest BCUT2D eigenvalue weighted by Crippen LogP contribution is 2.26. The largest absolute Gasteiger partial charge is 0.377 e. The molecule has 1 N–H and O–H groups in total. The van der Waals surface area contributed by atoms with Gasteiger partial charge in [-0.15, -0.1) is 0 Å². The van der Waals surface area contributed by atoms with Crippen molar-refractivity contribution in [1.29, 1.82) is 0 Å². The van der Waals surface area contributed by atoms with E-state index in [2.05, 4.69) is 33.6 Å². The number of aryl methyl sites for hydroxylation is 2. The molecule has 0 radical (unpaired) electrons. The number of fused-ring (bicyclic) bond motifs is 1. The Kier molecular flexibility index (Phi) is 4.99. The van der Waals surface area contributed by atoms with Crippen molar-refractivity contribution in [1.82, 2.24) is 19.4 Å². The van der Waals surface area contributed by atoms with Crippen molar-refractivity contribution in [2.75, 3.05) is 20.2 Å². The molecule has 1 aliphatic rings. The number of carbonyl (C=O) groups excluding carboxylic acids is 1. The molecule has 2 aromatic heterocycles. The molecular formula is C21H26N4O2. The van der Waals surface area contributed by atoms with E-state index in [4.69, 9.17) is 4.74 Å². The van der Waals surface area contributed by atoms with Gasteiger partial charge < -0.3 is 19.2 Å². The number of benzene rings is 1. The van der Waals surface area contributed by atoms with E-state index in [-0.39, 0.29) is 11.9 Å². The zero-order valence-corrected chi connectivity index (χ0v) is 15.9. The minimum atomic E-state index is 0.230. The number of nitrogens with one attached hydrogen (secondary N) is 1. The Morgan fingerprint density at radius 2 is 2.22 bits per heavy atom. The number of para-hydroxylation sites is 1. The second-order valence-corrected chi connectivity index (χ2v) is 7.26. The number of aromatic nitrogens is 3. The van der Waals surface area contributed by atoms with E-state index in [0.29, 0.717) is 13.0 Å². The average Bonchev–Trinajstić information content (AvgIpc) is 3.39. The van der Waals surface area contributed by atoms with Crippen LogP contribution >= 0.6 is 0 Å². The van der Waals surface area contributed by atoms with E-state index in [1.165, 1.54) is 10.9 Å². The third-order valence-corrected chi connectivity index (χ3v) is 5.50. The van der Waals surface area contributed by atoms with Crippen molar-refractivity contribution in [2.45, 2.75) is 38.8 Å². The fourth-order valence-electron chi connectivity index (χ4n) is 4.15. The van der Waals surface area contributed by atoms with Crippen molar-refractivity contribution in [2.24, 2.45) is 0 Å². The first kappa shape index (κ1) is 17.8. The van der Waals surface area contributed by atoms with E-state index in [9.17, 15) is 4.79 Å². The smallest absolute Gasteiger partial charge is 0.222 e. The van der Waals surface area contributed by atoms with Gasteiger partial charge in [-0.3, -0.25) is 4.79 Å². The molecule has 0 spiro atoms. The Labute approximate surface area is 159 Å². The Hall–Kier alpha value is -2.60. The van der Waals surface area contributed by atoms with Gasteiger partial charge in [0, 0.05) is 55.6 Å². The number of aromatic amines is 1. The number of carbonyl (C=O) groups is 1. The summed E-state index contributed by atoms with van der Waals surface area (Å²) in [6.07, 6.45) is 6.19. The number of amides is 1. The van der Waals surface area contributed by atoms with Crippen molar-refractivity contribution < 1.29 is 9.53 Å². The fourth-order valence-corrected chi connectivity index (χ4v) is 4.15. The van der Waals surface area contributed by atoms with E-state index in [0.717, 1.165) is 43.0 Å². The molecule has 0 saturated carbocycles. The van der Waals surface area contributed by atoms with Crippen LogP contribution in [0.15, 0.2) is 36.7 Å². The summed E-state index contributed by atoms with van der Waals surface area (Å²) < 4.78 is 7.50. The van der Waals surface area contributed by atoms with Crippen LogP contribution in [-0.2, 0) is 22.6 Å². The lowest BCUT2D eigenvalue weighted by atomic mass is 10.1. The molecule has 6 nitrogen and oxygen atoms in total. The third-order valence-electron chi connectivity index (χ3n) is 5.50. The van der Waals surface area contributed by atoms with E-state index in [1.54, 1.807) is 7.11 Å². The highest BCUT2D eigenvalue weighted by atomic mass is 16.5. The SMILES string of the molecule is COCc1ncc(C)n1C1CCN(C(=O)CCc2c[nH]c3ccccc23)C1. The lowest BCUT2D eigenvalue weighted by Gasteiger charge is -2.19. The minimum absolute atomic E-state index is 0.230. The summed E-state index contributed by atoms with van der Waals surface area (Å²) in [7, 11) is 1.68. The Morgan fingerprint density at radius 1 is 1.37 bits per heavy atom. The van der Waals surface area contributed by atoms with Crippen LogP contribution in [-0.4, -0.2) is 45.5 Å². The Bertz CT molecular complexity index is 943. The summed E-state index contributed by atoms with van der Waals surface area (Å²) in [5.74, 6) is 1.17. The van der Waals surface area contributed by atoms with Gasteiger partial charge in [-0.2, -0.15) is 0 Å². The molecule has 0 aliphatic carbocycles. The maximum absolute atomic E-state index is 12.8. The van der Waals surface area contributed by atoms with Gasteiger partial charge in [-0.05, 0) is 31.4 Å². The topological polar surface area (TPSA) is 63.1 Å². The van der Waals surface area contributed by atoms with Crippen LogP contribution in [0.5, 0.6) is 0 Å². The monoisotopic (exact) mass is 366 g/mol. The standard InChI is InChI=1S/C21H26N4O2/c1-15-11-23-20(14-27-2)25(15)17-9-10-24(13-17)21(26)8-7-16-12-22-19-6-4-3-5-18(16)19/h3-6,11-12,17,22H,7-10,13-14H2,1-2H3. The summed E-state index contributed by atoms with van der Waals surface area (Å²) in [6, 6.07) is 8.52. The Balaban J connectivity index is 1.39. The first-order valence-electron chi connectivity index (χ1n) is 9.51. The fraction of sp³-hybridized carbons (Fsp3) is 0.429. The molecule has 0 bridgehead atoms. The normalized spacial score (nSPS) is 17.1. The molecule has 3 aromatic rings. The summed E-state index contributed by atoms with van der Waals surface area (Å²) in [6.45, 7) is 4.12. The molecule has 6 heteroatoms. The maximum Gasteiger partial charge on any atom is 0.222 e. The van der Waals surface area contributed by atoms with E-state index in [1.807, 2.05) is 29.4 Å². The van der Waals surface area contributed by atoms with Crippen LogP contribution in [0, 0.1) is 6.92 Å². The number of hydrogen-bond donors (Lipinski definition) is 1. The van der Waals surface area contributed by atoms with Crippen LogP contribution in [0.4, 0.5) is 0 Å². The second kappa shape index (κ2) is 7.56. The molecule has 3 heterocycles. The van der Waals surface area contributed by atoms with Gasteiger partial charge in [0.2, 0.25) is 5.91 Å². The molecule has 1 aliphatic heterocycles. The predicted molar refractivity (Wildman–Crippen MR) is 105 cm³/mol. The molecule has 142 valence electrons. The molecule has 1 aromatic carbocycles. The molecule has 4 rings (SSSR count). The molecular weight excluding hydrogens is 340 g/mol. The number of rotatable bonds is 6. The first-order valence-corrected chi connectivity index (χ1v) is 9.51. The van der Waals surface area contributed by atoms with Crippen molar-refractivity contribution >= 4 is 16.8 Å². The summed E-state index contributed by atoms with van der Waals surface area (Å²) in [5.41, 5.74) is 3.46. The number of H-pyrrole nitrogens is 1. The Morgan fingerprint density at radius 3 is 3.07 bits per heavy atom. The second-order valence-electron chi connectivity index (χ2n) is 7.26. The minimum Gasteiger partial charge on any atom is -0.377 e. The van der Waals surface area contributed by atoms with Gasteiger partial charge in [0.25, 0.3) is 0 Å². The summed E-state index contributed by atoms with van der Waals surface area (Å²) >= 11 is 0. The first-order chi connectivity index (χ1) is 13.2. The van der Waals surface area contributed by atoms with Gasteiger partial charge in [0.05, 0.1) is 6.04 Å². The molecule has 1 amide bonds. The van der Waals surface area contributed by atoms with Crippen LogP contribution in [0.3, 0.4) is 0 Å². The number of imidazole rings is 1. The number of likely N-dealkylation sites (tertiary alicyclic amines) is 1. The van der Waals surface area contributed by atoms with Crippen molar-refractivity contribution in [3.8, 4) is 0 Å². The molecule has 1 unspecified atom stereocenters. The van der Waals surface area contributed by atoms with Gasteiger partial charge in [0.1, 0.15) is 12.4 Å². The summed E-state index contributed by atoms with van der Waals surface area (Å²) in [4.78, 5) is 22.5. The number of hydrogen-bond acceptors (Lipinski definition) is 3.